The summed E-state index contributed by atoms with van der Waals surface area (Å²) in [6, 6.07) is 7.26. The molecular weight excluding hydrogens is 215 g/mol. The average Bonchev–Trinajstić information content (AvgIpc) is 2.18. The lowest BCUT2D eigenvalue weighted by molar-refractivity contribution is -0.136. The quantitative estimate of drug-likeness (QED) is 0.846. The van der Waals surface area contributed by atoms with Gasteiger partial charge in [-0.15, -0.1) is 0 Å². The first-order valence-electron chi connectivity index (χ1n) is 5.25. The summed E-state index contributed by atoms with van der Waals surface area (Å²) in [5.41, 5.74) is 7.77. The standard InChI is InChI=1S/C12H16F3N/c1-9-2-4-10(5-3-9)8-11(16)6-7-12(13,14)15/h2-5,11H,6-8,16H2,1H3. The minimum atomic E-state index is -4.11. The lowest BCUT2D eigenvalue weighted by Gasteiger charge is -2.13. The summed E-state index contributed by atoms with van der Waals surface area (Å²) in [5.74, 6) is 0. The summed E-state index contributed by atoms with van der Waals surface area (Å²) < 4.78 is 35.9. The summed E-state index contributed by atoms with van der Waals surface area (Å²) in [5, 5.41) is 0. The maximum absolute atomic E-state index is 12.0. The van der Waals surface area contributed by atoms with Crippen LogP contribution >= 0.6 is 0 Å². The molecule has 1 unspecified atom stereocenters. The molecule has 0 bridgehead atoms. The molecule has 1 nitrogen and oxygen atoms in total. The molecule has 16 heavy (non-hydrogen) atoms. The van der Waals surface area contributed by atoms with E-state index in [9.17, 15) is 13.2 Å². The van der Waals surface area contributed by atoms with Crippen LogP contribution in [-0.4, -0.2) is 12.2 Å². The van der Waals surface area contributed by atoms with E-state index in [1.54, 1.807) is 0 Å². The first kappa shape index (κ1) is 13.0. The Hall–Kier alpha value is -1.03. The molecule has 0 radical (unpaired) electrons. The molecule has 0 fully saturated rings. The van der Waals surface area contributed by atoms with E-state index in [1.165, 1.54) is 0 Å². The van der Waals surface area contributed by atoms with E-state index in [0.29, 0.717) is 6.42 Å². The molecule has 0 aliphatic rings. The molecule has 0 amide bonds. The van der Waals surface area contributed by atoms with E-state index in [1.807, 2.05) is 31.2 Å². The number of hydrogen-bond donors (Lipinski definition) is 1. The van der Waals surface area contributed by atoms with Crippen molar-refractivity contribution in [2.24, 2.45) is 5.73 Å². The van der Waals surface area contributed by atoms with Gasteiger partial charge in [0, 0.05) is 12.5 Å². The highest BCUT2D eigenvalue weighted by Crippen LogP contribution is 2.22. The van der Waals surface area contributed by atoms with Crippen LogP contribution in [0.2, 0.25) is 0 Å². The van der Waals surface area contributed by atoms with Gasteiger partial charge in [0.05, 0.1) is 0 Å². The molecule has 1 aromatic carbocycles. The van der Waals surface area contributed by atoms with Gasteiger partial charge in [0.1, 0.15) is 0 Å². The first-order valence-corrected chi connectivity index (χ1v) is 5.25. The highest BCUT2D eigenvalue weighted by Gasteiger charge is 2.27. The van der Waals surface area contributed by atoms with Crippen LogP contribution in [-0.2, 0) is 6.42 Å². The van der Waals surface area contributed by atoms with Gasteiger partial charge < -0.3 is 5.73 Å². The van der Waals surface area contributed by atoms with Crippen molar-refractivity contribution in [2.75, 3.05) is 0 Å². The van der Waals surface area contributed by atoms with Crippen LogP contribution in [0.4, 0.5) is 13.2 Å². The Labute approximate surface area is 93.5 Å². The predicted molar refractivity (Wildman–Crippen MR) is 58.1 cm³/mol. The van der Waals surface area contributed by atoms with Gasteiger partial charge in [0.15, 0.2) is 0 Å². The zero-order chi connectivity index (χ0) is 12.2. The number of halogens is 3. The van der Waals surface area contributed by atoms with Crippen LogP contribution in [0, 0.1) is 6.92 Å². The lowest BCUT2D eigenvalue weighted by atomic mass is 10.0. The molecule has 0 spiro atoms. The highest BCUT2D eigenvalue weighted by molar-refractivity contribution is 5.21. The van der Waals surface area contributed by atoms with E-state index in [-0.39, 0.29) is 6.42 Å². The van der Waals surface area contributed by atoms with Crippen molar-refractivity contribution in [1.29, 1.82) is 0 Å². The maximum atomic E-state index is 12.0. The van der Waals surface area contributed by atoms with Crippen molar-refractivity contribution in [3.8, 4) is 0 Å². The second kappa shape index (κ2) is 5.34. The van der Waals surface area contributed by atoms with Gasteiger partial charge in [-0.25, -0.2) is 0 Å². The van der Waals surface area contributed by atoms with Gasteiger partial charge >= 0.3 is 6.18 Å². The molecule has 0 heterocycles. The molecule has 90 valence electrons. The van der Waals surface area contributed by atoms with Crippen molar-refractivity contribution in [3.05, 3.63) is 35.4 Å². The summed E-state index contributed by atoms with van der Waals surface area (Å²) in [6.45, 7) is 1.97. The molecule has 0 saturated carbocycles. The van der Waals surface area contributed by atoms with Crippen LogP contribution in [0.25, 0.3) is 0 Å². The molecule has 0 aliphatic heterocycles. The van der Waals surface area contributed by atoms with Crippen molar-refractivity contribution in [2.45, 2.75) is 38.4 Å². The van der Waals surface area contributed by atoms with E-state index in [2.05, 4.69) is 0 Å². The number of rotatable bonds is 4. The lowest BCUT2D eigenvalue weighted by Crippen LogP contribution is -2.25. The Bertz CT molecular complexity index is 316. The molecule has 0 aromatic heterocycles. The van der Waals surface area contributed by atoms with Gasteiger partial charge in [0.2, 0.25) is 0 Å². The van der Waals surface area contributed by atoms with E-state index in [0.717, 1.165) is 11.1 Å². The largest absolute Gasteiger partial charge is 0.389 e. The second-order valence-corrected chi connectivity index (χ2v) is 4.10. The fraction of sp³-hybridized carbons (Fsp3) is 0.500. The molecule has 1 rings (SSSR count). The predicted octanol–water partition coefficient (Wildman–Crippen LogP) is 3.21. The third-order valence-corrected chi connectivity index (χ3v) is 2.42. The summed E-state index contributed by atoms with van der Waals surface area (Å²) >= 11 is 0. The molecule has 1 atom stereocenters. The molecule has 0 aliphatic carbocycles. The Balaban J connectivity index is 2.39. The van der Waals surface area contributed by atoms with Crippen LogP contribution in [0.15, 0.2) is 24.3 Å². The average molecular weight is 231 g/mol. The van der Waals surface area contributed by atoms with Crippen molar-refractivity contribution in [1.82, 2.24) is 0 Å². The molecule has 1 aromatic rings. The number of aryl methyl sites for hydroxylation is 1. The maximum Gasteiger partial charge on any atom is 0.389 e. The van der Waals surface area contributed by atoms with Gasteiger partial charge in [-0.1, -0.05) is 29.8 Å². The summed E-state index contributed by atoms with van der Waals surface area (Å²) in [4.78, 5) is 0. The van der Waals surface area contributed by atoms with Crippen molar-refractivity contribution >= 4 is 0 Å². The number of nitrogens with two attached hydrogens (primary N) is 1. The molecule has 4 heteroatoms. The fourth-order valence-electron chi connectivity index (χ4n) is 1.48. The minimum absolute atomic E-state index is 0.0165. The van der Waals surface area contributed by atoms with Gasteiger partial charge in [-0.2, -0.15) is 13.2 Å². The molecular formula is C12H16F3N. The van der Waals surface area contributed by atoms with Gasteiger partial charge in [-0.3, -0.25) is 0 Å². The van der Waals surface area contributed by atoms with Crippen LogP contribution in [0.5, 0.6) is 0 Å². The normalized spacial score (nSPS) is 13.8. The Morgan fingerprint density at radius 1 is 1.19 bits per heavy atom. The molecule has 2 N–H and O–H groups in total. The van der Waals surface area contributed by atoms with Crippen LogP contribution in [0.3, 0.4) is 0 Å². The van der Waals surface area contributed by atoms with E-state index < -0.39 is 18.6 Å². The van der Waals surface area contributed by atoms with Gasteiger partial charge in [-0.05, 0) is 25.3 Å². The van der Waals surface area contributed by atoms with E-state index in [4.69, 9.17) is 5.73 Å². The fourth-order valence-corrected chi connectivity index (χ4v) is 1.48. The third-order valence-electron chi connectivity index (χ3n) is 2.42. The topological polar surface area (TPSA) is 26.0 Å². The number of hydrogen-bond acceptors (Lipinski definition) is 1. The number of benzene rings is 1. The Morgan fingerprint density at radius 3 is 2.25 bits per heavy atom. The molecule has 0 saturated heterocycles. The third kappa shape index (κ3) is 5.16. The van der Waals surface area contributed by atoms with Crippen LogP contribution < -0.4 is 5.73 Å². The van der Waals surface area contributed by atoms with Crippen molar-refractivity contribution < 1.29 is 13.2 Å². The summed E-state index contributed by atoms with van der Waals surface area (Å²) in [6.07, 6.45) is -4.43. The minimum Gasteiger partial charge on any atom is -0.327 e. The Morgan fingerprint density at radius 2 is 1.75 bits per heavy atom. The smallest absolute Gasteiger partial charge is 0.327 e. The zero-order valence-corrected chi connectivity index (χ0v) is 9.22. The Kier molecular flexibility index (Phi) is 4.35. The summed E-state index contributed by atoms with van der Waals surface area (Å²) in [7, 11) is 0. The monoisotopic (exact) mass is 231 g/mol. The number of alkyl halides is 3. The van der Waals surface area contributed by atoms with Crippen molar-refractivity contribution in [3.63, 3.8) is 0 Å². The van der Waals surface area contributed by atoms with E-state index >= 15 is 0 Å². The van der Waals surface area contributed by atoms with Gasteiger partial charge in [0.25, 0.3) is 0 Å². The second-order valence-electron chi connectivity index (χ2n) is 4.10. The SMILES string of the molecule is Cc1ccc(CC(N)CCC(F)(F)F)cc1. The van der Waals surface area contributed by atoms with Crippen LogP contribution in [0.1, 0.15) is 24.0 Å². The zero-order valence-electron chi connectivity index (χ0n) is 9.22. The highest BCUT2D eigenvalue weighted by atomic mass is 19.4. The first-order chi connectivity index (χ1) is 7.37.